The molecule has 1 amide bonds. The lowest BCUT2D eigenvalue weighted by Gasteiger charge is -2.22. The van der Waals surface area contributed by atoms with E-state index >= 15 is 0 Å². The minimum absolute atomic E-state index is 0.0545. The molecule has 0 spiro atoms. The first-order valence-corrected chi connectivity index (χ1v) is 7.41. The first-order valence-electron chi connectivity index (χ1n) is 5.97. The first-order chi connectivity index (χ1) is 9.71. The smallest absolute Gasteiger partial charge is 0.318 e. The van der Waals surface area contributed by atoms with Gasteiger partial charge in [-0.1, -0.05) is 0 Å². The number of nitrogens with zero attached hydrogens (tertiary/aromatic N) is 1. The largest absolute Gasteiger partial charge is 0.482 e. The second kappa shape index (κ2) is 5.34. The van der Waals surface area contributed by atoms with Crippen molar-refractivity contribution in [3.63, 3.8) is 0 Å². The summed E-state index contributed by atoms with van der Waals surface area (Å²) in [4.78, 5) is 21.8. The molecule has 2 rings (SSSR count). The molecule has 0 unspecified atom stereocenters. The fourth-order valence-electron chi connectivity index (χ4n) is 1.94. The van der Waals surface area contributed by atoms with Gasteiger partial charge < -0.3 is 15.2 Å². The average Bonchev–Trinajstić information content (AvgIpc) is 2.36. The van der Waals surface area contributed by atoms with Gasteiger partial charge in [0.15, 0.2) is 6.61 Å². The number of carbonyl (C=O) groups excluding carboxylic acids is 1. The molecular formula is C12H14N2O6S. The van der Waals surface area contributed by atoms with E-state index in [2.05, 4.69) is 5.32 Å². The quantitative estimate of drug-likeness (QED) is 0.810. The third-order valence-electron chi connectivity index (χ3n) is 2.96. The Morgan fingerprint density at radius 1 is 1.48 bits per heavy atom. The van der Waals surface area contributed by atoms with Crippen LogP contribution >= 0.6 is 0 Å². The number of likely N-dealkylation sites (N-methyl/N-ethyl adjacent to an activating group) is 1. The molecule has 1 aliphatic rings. The van der Waals surface area contributed by atoms with Crippen molar-refractivity contribution < 1.29 is 27.9 Å². The number of ether oxygens (including phenoxy) is 1. The number of carbonyl (C=O) groups is 2. The van der Waals surface area contributed by atoms with Crippen LogP contribution in [0.25, 0.3) is 0 Å². The van der Waals surface area contributed by atoms with Crippen LogP contribution in [0.5, 0.6) is 5.75 Å². The van der Waals surface area contributed by atoms with E-state index in [1.807, 2.05) is 0 Å². The molecule has 0 aromatic heterocycles. The van der Waals surface area contributed by atoms with Crippen molar-refractivity contribution in [2.24, 2.45) is 0 Å². The summed E-state index contributed by atoms with van der Waals surface area (Å²) in [6, 6.07) is 2.77. The number of carboxylic acid groups (broad SMARTS) is 1. The van der Waals surface area contributed by atoms with Crippen LogP contribution in [0.3, 0.4) is 0 Å². The lowest BCUT2D eigenvalue weighted by Crippen LogP contribution is -2.33. The Balaban J connectivity index is 2.45. The van der Waals surface area contributed by atoms with Gasteiger partial charge in [0.2, 0.25) is 10.0 Å². The molecule has 1 aromatic rings. The van der Waals surface area contributed by atoms with Crippen molar-refractivity contribution in [2.45, 2.75) is 11.8 Å². The molecule has 9 heteroatoms. The molecule has 0 saturated carbocycles. The number of carboxylic acids is 1. The topological polar surface area (TPSA) is 113 Å². The zero-order chi connectivity index (χ0) is 15.8. The van der Waals surface area contributed by atoms with Crippen molar-refractivity contribution in [3.05, 3.63) is 17.7 Å². The zero-order valence-corrected chi connectivity index (χ0v) is 12.2. The molecule has 21 heavy (non-hydrogen) atoms. The molecule has 0 saturated heterocycles. The van der Waals surface area contributed by atoms with Gasteiger partial charge >= 0.3 is 5.97 Å². The number of aliphatic carboxylic acids is 1. The highest BCUT2D eigenvalue weighted by atomic mass is 32.2. The molecular weight excluding hydrogens is 300 g/mol. The molecule has 0 fully saturated rings. The number of hydrogen-bond acceptors (Lipinski definition) is 5. The average molecular weight is 314 g/mol. The maximum Gasteiger partial charge on any atom is 0.318 e. The Morgan fingerprint density at radius 3 is 2.76 bits per heavy atom. The SMILES string of the molecule is Cc1cc2c(cc1S(=O)(=O)N(C)CC(=O)O)OCC(=O)N2. The van der Waals surface area contributed by atoms with E-state index in [1.165, 1.54) is 19.2 Å². The van der Waals surface area contributed by atoms with Gasteiger partial charge in [0.05, 0.1) is 10.6 Å². The number of anilines is 1. The number of benzene rings is 1. The van der Waals surface area contributed by atoms with Crippen LogP contribution in [0.2, 0.25) is 0 Å². The van der Waals surface area contributed by atoms with Gasteiger partial charge in [0, 0.05) is 13.1 Å². The highest BCUT2D eigenvalue weighted by molar-refractivity contribution is 7.89. The van der Waals surface area contributed by atoms with Crippen molar-refractivity contribution in [3.8, 4) is 5.75 Å². The minimum atomic E-state index is -3.95. The number of aryl methyl sites for hydroxylation is 1. The standard InChI is InChI=1S/C12H14N2O6S/c1-7-3-8-9(20-6-11(15)13-8)4-10(7)21(18,19)14(2)5-12(16)17/h3-4H,5-6H2,1-2H3,(H,13,15)(H,16,17). The van der Waals surface area contributed by atoms with Gasteiger partial charge in [-0.05, 0) is 18.6 Å². The summed E-state index contributed by atoms with van der Waals surface area (Å²) in [5.41, 5.74) is 0.778. The predicted octanol–water partition coefficient (Wildman–Crippen LogP) is 0.0310. The lowest BCUT2D eigenvalue weighted by molar-refractivity contribution is -0.137. The maximum atomic E-state index is 12.4. The van der Waals surface area contributed by atoms with E-state index in [4.69, 9.17) is 9.84 Å². The van der Waals surface area contributed by atoms with E-state index in [0.29, 0.717) is 11.3 Å². The highest BCUT2D eigenvalue weighted by Crippen LogP contribution is 2.33. The van der Waals surface area contributed by atoms with Crippen molar-refractivity contribution in [2.75, 3.05) is 25.5 Å². The van der Waals surface area contributed by atoms with Crippen LogP contribution in [0, 0.1) is 6.92 Å². The molecule has 8 nitrogen and oxygen atoms in total. The molecule has 1 aliphatic heterocycles. The summed E-state index contributed by atoms with van der Waals surface area (Å²) >= 11 is 0. The van der Waals surface area contributed by atoms with Gasteiger partial charge in [-0.25, -0.2) is 8.42 Å². The minimum Gasteiger partial charge on any atom is -0.482 e. The summed E-state index contributed by atoms with van der Waals surface area (Å²) in [7, 11) is -2.77. The second-order valence-corrected chi connectivity index (χ2v) is 6.62. The third kappa shape index (κ3) is 2.98. The van der Waals surface area contributed by atoms with Gasteiger partial charge in [-0.2, -0.15) is 4.31 Å². The number of nitrogens with one attached hydrogen (secondary N) is 1. The third-order valence-corrected chi connectivity index (χ3v) is 4.90. The van der Waals surface area contributed by atoms with Gasteiger partial charge in [-0.3, -0.25) is 9.59 Å². The molecule has 1 aromatic carbocycles. The molecule has 0 radical (unpaired) electrons. The Labute approximate surface area is 121 Å². The Morgan fingerprint density at radius 2 is 2.14 bits per heavy atom. The summed E-state index contributed by atoms with van der Waals surface area (Å²) in [6.07, 6.45) is 0. The van der Waals surface area contributed by atoms with Crippen LogP contribution in [0.4, 0.5) is 5.69 Å². The summed E-state index contributed by atoms with van der Waals surface area (Å²) in [6.45, 7) is 0.722. The van der Waals surface area contributed by atoms with E-state index < -0.39 is 22.5 Å². The Bertz CT molecular complexity index is 713. The van der Waals surface area contributed by atoms with Crippen molar-refractivity contribution >= 4 is 27.6 Å². The van der Waals surface area contributed by atoms with E-state index in [1.54, 1.807) is 6.92 Å². The van der Waals surface area contributed by atoms with E-state index in [0.717, 1.165) is 4.31 Å². The Hall–Kier alpha value is -2.13. The molecule has 114 valence electrons. The number of sulfonamides is 1. The lowest BCUT2D eigenvalue weighted by atomic mass is 10.2. The number of amides is 1. The molecule has 1 heterocycles. The van der Waals surface area contributed by atoms with Crippen LogP contribution in [0.15, 0.2) is 17.0 Å². The summed E-state index contributed by atoms with van der Waals surface area (Å²) in [5, 5.41) is 11.3. The van der Waals surface area contributed by atoms with Crippen LogP contribution < -0.4 is 10.1 Å². The number of rotatable bonds is 4. The van der Waals surface area contributed by atoms with Crippen LogP contribution in [-0.4, -0.2) is 49.9 Å². The molecule has 0 aliphatic carbocycles. The van der Waals surface area contributed by atoms with Gasteiger partial charge in [-0.15, -0.1) is 0 Å². The van der Waals surface area contributed by atoms with E-state index in [-0.39, 0.29) is 23.2 Å². The second-order valence-electron chi connectivity index (χ2n) is 4.61. The van der Waals surface area contributed by atoms with E-state index in [9.17, 15) is 18.0 Å². The first kappa shape index (κ1) is 15.3. The van der Waals surface area contributed by atoms with Crippen molar-refractivity contribution in [1.29, 1.82) is 0 Å². The monoisotopic (exact) mass is 314 g/mol. The van der Waals surface area contributed by atoms with Gasteiger partial charge in [0.25, 0.3) is 5.91 Å². The van der Waals surface area contributed by atoms with Crippen LogP contribution in [-0.2, 0) is 19.6 Å². The predicted molar refractivity (Wildman–Crippen MR) is 72.8 cm³/mol. The number of fused-ring (bicyclic) bond motifs is 1. The Kier molecular flexibility index (Phi) is 3.88. The fourth-order valence-corrected chi connectivity index (χ4v) is 3.28. The zero-order valence-electron chi connectivity index (χ0n) is 11.4. The molecule has 0 bridgehead atoms. The fraction of sp³-hybridized carbons (Fsp3) is 0.333. The molecule has 0 atom stereocenters. The van der Waals surface area contributed by atoms with Crippen LogP contribution in [0.1, 0.15) is 5.56 Å². The molecule has 2 N–H and O–H groups in total. The highest BCUT2D eigenvalue weighted by Gasteiger charge is 2.27. The normalized spacial score (nSPS) is 14.3. The number of hydrogen-bond donors (Lipinski definition) is 2. The van der Waals surface area contributed by atoms with Gasteiger partial charge in [0.1, 0.15) is 12.3 Å². The van der Waals surface area contributed by atoms with Crippen molar-refractivity contribution in [1.82, 2.24) is 4.31 Å². The maximum absolute atomic E-state index is 12.4. The summed E-state index contributed by atoms with van der Waals surface area (Å²) in [5.74, 6) is -1.33. The summed E-state index contributed by atoms with van der Waals surface area (Å²) < 4.78 is 30.6.